The number of aliphatic hydroxyl groups is 1. The first kappa shape index (κ1) is 22.8. The van der Waals surface area contributed by atoms with Crippen LogP contribution in [0.15, 0.2) is 77.7 Å². The van der Waals surface area contributed by atoms with E-state index >= 15 is 0 Å². The number of carbonyl (C=O) groups excluding carboxylic acids is 2. The lowest BCUT2D eigenvalue weighted by molar-refractivity contribution is -0.131. The fraction of sp³-hybridized carbons (Fsp3) is 0.250. The number of carbonyl (C=O) groups is 2. The maximum atomic E-state index is 13.6. The maximum Gasteiger partial charge on any atom is 0.325 e. The fourth-order valence-electron chi connectivity index (χ4n) is 3.84. The second-order valence-corrected chi connectivity index (χ2v) is 10.4. The number of benzene rings is 3. The van der Waals surface area contributed by atoms with Gasteiger partial charge in [-0.2, -0.15) is 0 Å². The molecule has 33 heavy (non-hydrogen) atoms. The first-order valence-electron chi connectivity index (χ1n) is 10.5. The van der Waals surface area contributed by atoms with E-state index in [0.717, 1.165) is 20.0 Å². The van der Waals surface area contributed by atoms with Crippen molar-refractivity contribution in [3.8, 4) is 0 Å². The van der Waals surface area contributed by atoms with Crippen molar-refractivity contribution in [1.82, 2.24) is 10.2 Å². The van der Waals surface area contributed by atoms with Crippen molar-refractivity contribution in [3.05, 3.63) is 72.8 Å². The Balaban J connectivity index is 1.65. The third kappa shape index (κ3) is 4.42. The highest BCUT2D eigenvalue weighted by molar-refractivity contribution is 7.92. The molecule has 0 radical (unpaired) electrons. The minimum atomic E-state index is -4.05. The van der Waals surface area contributed by atoms with Crippen molar-refractivity contribution in [2.45, 2.75) is 30.4 Å². The fourth-order valence-corrected chi connectivity index (χ4v) is 5.37. The minimum absolute atomic E-state index is 0.0772. The van der Waals surface area contributed by atoms with Crippen LogP contribution in [0.25, 0.3) is 10.8 Å². The Morgan fingerprint density at radius 1 is 0.970 bits per heavy atom. The van der Waals surface area contributed by atoms with E-state index in [-0.39, 0.29) is 18.0 Å². The molecule has 0 aromatic heterocycles. The lowest BCUT2D eigenvalue weighted by Gasteiger charge is -2.28. The Morgan fingerprint density at radius 2 is 1.61 bits per heavy atom. The molecule has 1 aliphatic heterocycles. The number of amides is 3. The largest absolute Gasteiger partial charge is 0.389 e. The van der Waals surface area contributed by atoms with Gasteiger partial charge in [-0.15, -0.1) is 0 Å². The average Bonchev–Trinajstić information content (AvgIpc) is 2.99. The van der Waals surface area contributed by atoms with Gasteiger partial charge in [0.05, 0.1) is 29.8 Å². The summed E-state index contributed by atoms with van der Waals surface area (Å²) >= 11 is 0. The van der Waals surface area contributed by atoms with Crippen molar-refractivity contribution >= 4 is 38.4 Å². The number of hydrogen-bond acceptors (Lipinski definition) is 5. The van der Waals surface area contributed by atoms with Gasteiger partial charge < -0.3 is 10.4 Å². The summed E-state index contributed by atoms with van der Waals surface area (Å²) in [5.41, 5.74) is -0.713. The molecular formula is C24H25N3O5S. The molecule has 0 spiro atoms. The molecule has 1 heterocycles. The highest BCUT2D eigenvalue weighted by atomic mass is 32.2. The summed E-state index contributed by atoms with van der Waals surface area (Å²) in [6, 6.07) is 20.1. The lowest BCUT2D eigenvalue weighted by atomic mass is 10.1. The molecule has 3 aromatic carbocycles. The molecule has 1 fully saturated rings. The number of nitrogens with zero attached hydrogens (tertiary/aromatic N) is 2. The van der Waals surface area contributed by atoms with Gasteiger partial charge in [-0.05, 0) is 48.9 Å². The third-order valence-corrected chi connectivity index (χ3v) is 7.36. The van der Waals surface area contributed by atoms with E-state index in [9.17, 15) is 23.1 Å². The third-order valence-electron chi connectivity index (χ3n) is 5.57. The predicted molar refractivity (Wildman–Crippen MR) is 125 cm³/mol. The molecule has 1 atom stereocenters. The standard InChI is InChI=1S/C24H25N3O5S/c1-24(2)22(29)26(23(30)25-24)15-20(28)16-27(19-10-4-3-5-11-19)33(31,32)21-13-12-17-8-6-7-9-18(17)14-21/h3-14,20,28H,15-16H2,1-2H3,(H,25,30). The lowest BCUT2D eigenvalue weighted by Crippen LogP contribution is -2.45. The Labute approximate surface area is 192 Å². The summed E-state index contributed by atoms with van der Waals surface area (Å²) in [6.07, 6.45) is -1.30. The zero-order valence-electron chi connectivity index (χ0n) is 18.3. The number of para-hydroxylation sites is 1. The first-order valence-corrected chi connectivity index (χ1v) is 11.9. The number of imide groups is 1. The van der Waals surface area contributed by atoms with Gasteiger partial charge in [0.15, 0.2) is 0 Å². The molecule has 0 bridgehead atoms. The molecule has 9 heteroatoms. The van der Waals surface area contributed by atoms with Crippen LogP contribution in [0.5, 0.6) is 0 Å². The summed E-state index contributed by atoms with van der Waals surface area (Å²) in [5.74, 6) is -0.477. The highest BCUT2D eigenvalue weighted by Gasteiger charge is 2.45. The summed E-state index contributed by atoms with van der Waals surface area (Å²) in [4.78, 5) is 25.6. The van der Waals surface area contributed by atoms with Crippen LogP contribution in [0, 0.1) is 0 Å². The number of aliphatic hydroxyl groups excluding tert-OH is 1. The van der Waals surface area contributed by atoms with Crippen LogP contribution in [0.1, 0.15) is 13.8 Å². The van der Waals surface area contributed by atoms with E-state index in [4.69, 9.17) is 0 Å². The van der Waals surface area contributed by atoms with Gasteiger partial charge in [0.1, 0.15) is 5.54 Å². The first-order chi connectivity index (χ1) is 15.6. The van der Waals surface area contributed by atoms with E-state index in [2.05, 4.69) is 5.32 Å². The summed E-state index contributed by atoms with van der Waals surface area (Å²) in [5, 5.41) is 15.0. The van der Waals surface area contributed by atoms with E-state index in [1.165, 1.54) is 6.07 Å². The second-order valence-electron chi connectivity index (χ2n) is 8.51. The van der Waals surface area contributed by atoms with E-state index in [1.807, 2.05) is 24.3 Å². The Morgan fingerprint density at radius 3 is 2.24 bits per heavy atom. The van der Waals surface area contributed by atoms with Gasteiger partial charge in [0, 0.05) is 0 Å². The molecule has 1 aliphatic rings. The normalized spacial score (nSPS) is 16.6. The average molecular weight is 468 g/mol. The van der Waals surface area contributed by atoms with Gasteiger partial charge in [0.25, 0.3) is 15.9 Å². The number of β-amino-alcohol motifs (C(OH)–C–C–N with tert-alkyl or cyclic N) is 1. The van der Waals surface area contributed by atoms with Crippen molar-refractivity contribution < 1.29 is 23.1 Å². The zero-order chi connectivity index (χ0) is 23.8. The smallest absolute Gasteiger partial charge is 0.325 e. The molecule has 0 aliphatic carbocycles. The number of sulfonamides is 1. The zero-order valence-corrected chi connectivity index (χ0v) is 19.1. The number of hydrogen-bond donors (Lipinski definition) is 2. The number of nitrogens with one attached hydrogen (secondary N) is 1. The molecule has 3 aromatic rings. The second kappa shape index (κ2) is 8.49. The Kier molecular flexibility index (Phi) is 5.85. The van der Waals surface area contributed by atoms with Crippen LogP contribution in [0.3, 0.4) is 0 Å². The van der Waals surface area contributed by atoms with Gasteiger partial charge in [-0.1, -0.05) is 48.5 Å². The molecule has 4 rings (SSSR count). The SMILES string of the molecule is CC1(C)NC(=O)N(CC(O)CN(c2ccccc2)S(=O)(=O)c2ccc3ccccc3c2)C1=O. The summed E-state index contributed by atoms with van der Waals surface area (Å²) in [6.45, 7) is 2.47. The highest BCUT2D eigenvalue weighted by Crippen LogP contribution is 2.27. The topological polar surface area (TPSA) is 107 Å². The Hall–Kier alpha value is -3.43. The van der Waals surface area contributed by atoms with Gasteiger partial charge in [-0.25, -0.2) is 13.2 Å². The van der Waals surface area contributed by atoms with Crippen LogP contribution >= 0.6 is 0 Å². The molecule has 3 amide bonds. The van der Waals surface area contributed by atoms with E-state index < -0.39 is 33.6 Å². The van der Waals surface area contributed by atoms with Gasteiger partial charge in [0.2, 0.25) is 0 Å². The van der Waals surface area contributed by atoms with Crippen LogP contribution in [-0.4, -0.2) is 55.1 Å². The van der Waals surface area contributed by atoms with Crippen LogP contribution in [-0.2, 0) is 14.8 Å². The van der Waals surface area contributed by atoms with Crippen LogP contribution in [0.4, 0.5) is 10.5 Å². The van der Waals surface area contributed by atoms with Crippen LogP contribution < -0.4 is 9.62 Å². The molecule has 8 nitrogen and oxygen atoms in total. The summed E-state index contributed by atoms with van der Waals surface area (Å²) < 4.78 is 28.4. The quantitative estimate of drug-likeness (QED) is 0.520. The van der Waals surface area contributed by atoms with Gasteiger partial charge >= 0.3 is 6.03 Å². The Bertz CT molecular complexity index is 1310. The molecular weight excluding hydrogens is 442 g/mol. The van der Waals surface area contributed by atoms with Crippen LogP contribution in [0.2, 0.25) is 0 Å². The predicted octanol–water partition coefficient (Wildman–Crippen LogP) is 2.73. The van der Waals surface area contributed by atoms with Gasteiger partial charge in [-0.3, -0.25) is 14.0 Å². The minimum Gasteiger partial charge on any atom is -0.389 e. The monoisotopic (exact) mass is 467 g/mol. The number of urea groups is 1. The molecule has 0 saturated carbocycles. The van der Waals surface area contributed by atoms with Crippen molar-refractivity contribution in [2.75, 3.05) is 17.4 Å². The number of anilines is 1. The van der Waals surface area contributed by atoms with Crippen molar-refractivity contribution in [2.24, 2.45) is 0 Å². The maximum absolute atomic E-state index is 13.6. The van der Waals surface area contributed by atoms with Crippen molar-refractivity contribution in [1.29, 1.82) is 0 Å². The van der Waals surface area contributed by atoms with E-state index in [1.54, 1.807) is 56.3 Å². The molecule has 172 valence electrons. The molecule has 1 unspecified atom stereocenters. The van der Waals surface area contributed by atoms with E-state index in [0.29, 0.717) is 5.69 Å². The van der Waals surface area contributed by atoms with Crippen molar-refractivity contribution in [3.63, 3.8) is 0 Å². The number of rotatable bonds is 7. The molecule has 1 saturated heterocycles. The number of fused-ring (bicyclic) bond motifs is 1. The molecule has 2 N–H and O–H groups in total. The summed E-state index contributed by atoms with van der Waals surface area (Å²) in [7, 11) is -4.05.